The Hall–Kier alpha value is -2.89. The Morgan fingerprint density at radius 1 is 1.04 bits per heavy atom. The van der Waals surface area contributed by atoms with Crippen molar-refractivity contribution in [1.29, 1.82) is 0 Å². The molecule has 0 aliphatic heterocycles. The van der Waals surface area contributed by atoms with E-state index in [4.69, 9.17) is 14.2 Å². The normalized spacial score (nSPS) is 14.3. The highest BCUT2D eigenvalue weighted by molar-refractivity contribution is 5.90. The third-order valence-corrected chi connectivity index (χ3v) is 4.46. The summed E-state index contributed by atoms with van der Waals surface area (Å²) in [6.07, 6.45) is 1.78. The molecular formula is C20H24N2O4. The fraction of sp³-hybridized carbons (Fsp3) is 0.350. The first-order chi connectivity index (χ1) is 12.6. The minimum absolute atomic E-state index is 0.235. The van der Waals surface area contributed by atoms with Gasteiger partial charge in [0.2, 0.25) is 0 Å². The summed E-state index contributed by atoms with van der Waals surface area (Å²) in [7, 11) is 3.21. The third-order valence-electron chi connectivity index (χ3n) is 4.46. The molecular weight excluding hydrogens is 332 g/mol. The van der Waals surface area contributed by atoms with Gasteiger partial charge in [-0.25, -0.2) is 4.79 Å². The zero-order valence-electron chi connectivity index (χ0n) is 15.3. The van der Waals surface area contributed by atoms with Crippen LogP contribution >= 0.6 is 0 Å². The van der Waals surface area contributed by atoms with E-state index in [0.29, 0.717) is 23.8 Å². The molecule has 0 heterocycles. The molecule has 2 amide bonds. The van der Waals surface area contributed by atoms with Crippen LogP contribution in [0.25, 0.3) is 0 Å². The summed E-state index contributed by atoms with van der Waals surface area (Å²) in [5, 5.41) is 5.95. The molecule has 1 aliphatic rings. The fourth-order valence-corrected chi connectivity index (χ4v) is 2.93. The van der Waals surface area contributed by atoms with Crippen LogP contribution in [0.4, 0.5) is 10.5 Å². The lowest BCUT2D eigenvalue weighted by molar-refractivity contribution is 0.247. The molecule has 0 radical (unpaired) electrons. The maximum Gasteiger partial charge on any atom is 0.319 e. The minimum atomic E-state index is -0.352. The topological polar surface area (TPSA) is 68.8 Å². The second kappa shape index (κ2) is 7.56. The van der Waals surface area contributed by atoms with Crippen molar-refractivity contribution in [3.63, 3.8) is 0 Å². The van der Waals surface area contributed by atoms with Crippen LogP contribution in [0.3, 0.4) is 0 Å². The SMILES string of the molecule is CCOc1ccc(NC(=O)NC2(c3ccc(OC)c(OC)c3)CC2)cc1. The lowest BCUT2D eigenvalue weighted by Crippen LogP contribution is -2.38. The van der Waals surface area contributed by atoms with Gasteiger partial charge in [-0.2, -0.15) is 0 Å². The minimum Gasteiger partial charge on any atom is -0.494 e. The van der Waals surface area contributed by atoms with E-state index in [9.17, 15) is 4.79 Å². The summed E-state index contributed by atoms with van der Waals surface area (Å²) in [5.74, 6) is 2.11. The number of ether oxygens (including phenoxy) is 3. The molecule has 6 nitrogen and oxygen atoms in total. The van der Waals surface area contributed by atoms with Crippen molar-refractivity contribution >= 4 is 11.7 Å². The largest absolute Gasteiger partial charge is 0.494 e. The highest BCUT2D eigenvalue weighted by Gasteiger charge is 2.46. The van der Waals surface area contributed by atoms with Gasteiger partial charge in [-0.3, -0.25) is 0 Å². The van der Waals surface area contributed by atoms with Crippen LogP contribution in [-0.4, -0.2) is 26.9 Å². The summed E-state index contributed by atoms with van der Waals surface area (Å²) in [5.41, 5.74) is 1.38. The summed E-state index contributed by atoms with van der Waals surface area (Å²) in [6, 6.07) is 12.8. The van der Waals surface area contributed by atoms with Crippen molar-refractivity contribution in [2.24, 2.45) is 0 Å². The van der Waals surface area contributed by atoms with Crippen molar-refractivity contribution in [2.45, 2.75) is 25.3 Å². The van der Waals surface area contributed by atoms with E-state index in [1.807, 2.05) is 49.4 Å². The second-order valence-electron chi connectivity index (χ2n) is 6.19. The zero-order valence-corrected chi connectivity index (χ0v) is 15.3. The van der Waals surface area contributed by atoms with Crippen molar-refractivity contribution in [3.05, 3.63) is 48.0 Å². The van der Waals surface area contributed by atoms with Crippen molar-refractivity contribution in [2.75, 3.05) is 26.1 Å². The van der Waals surface area contributed by atoms with Gasteiger partial charge in [0, 0.05) is 5.69 Å². The molecule has 0 saturated heterocycles. The summed E-state index contributed by atoms with van der Waals surface area (Å²) < 4.78 is 16.0. The summed E-state index contributed by atoms with van der Waals surface area (Å²) in [6.45, 7) is 2.55. The predicted octanol–water partition coefficient (Wildman–Crippen LogP) is 3.91. The van der Waals surface area contributed by atoms with E-state index in [-0.39, 0.29) is 11.6 Å². The van der Waals surface area contributed by atoms with E-state index in [1.54, 1.807) is 14.2 Å². The van der Waals surface area contributed by atoms with E-state index in [1.165, 1.54) is 0 Å². The Bertz CT molecular complexity index is 770. The van der Waals surface area contributed by atoms with E-state index in [0.717, 1.165) is 24.2 Å². The number of anilines is 1. The number of benzene rings is 2. The molecule has 0 atom stereocenters. The number of nitrogens with one attached hydrogen (secondary N) is 2. The Morgan fingerprint density at radius 2 is 1.73 bits per heavy atom. The van der Waals surface area contributed by atoms with Crippen molar-refractivity contribution < 1.29 is 19.0 Å². The number of urea groups is 1. The molecule has 3 rings (SSSR count). The predicted molar refractivity (Wildman–Crippen MR) is 100 cm³/mol. The molecule has 1 aliphatic carbocycles. The first-order valence-corrected chi connectivity index (χ1v) is 8.65. The second-order valence-corrected chi connectivity index (χ2v) is 6.19. The quantitative estimate of drug-likeness (QED) is 0.789. The molecule has 6 heteroatoms. The van der Waals surface area contributed by atoms with Crippen LogP contribution < -0.4 is 24.8 Å². The lowest BCUT2D eigenvalue weighted by Gasteiger charge is -2.20. The average Bonchev–Trinajstić information content (AvgIpc) is 3.43. The highest BCUT2D eigenvalue weighted by Crippen LogP contribution is 2.47. The van der Waals surface area contributed by atoms with E-state index in [2.05, 4.69) is 10.6 Å². The van der Waals surface area contributed by atoms with Gasteiger partial charge in [0.05, 0.1) is 26.4 Å². The van der Waals surface area contributed by atoms with Gasteiger partial charge in [0.25, 0.3) is 0 Å². The van der Waals surface area contributed by atoms with Gasteiger partial charge in [-0.1, -0.05) is 6.07 Å². The molecule has 0 aromatic heterocycles. The number of amides is 2. The van der Waals surface area contributed by atoms with Gasteiger partial charge in [-0.05, 0) is 61.7 Å². The van der Waals surface area contributed by atoms with Crippen molar-refractivity contribution in [3.8, 4) is 17.2 Å². The Balaban J connectivity index is 1.67. The van der Waals surface area contributed by atoms with Crippen LogP contribution in [0.15, 0.2) is 42.5 Å². The first-order valence-electron chi connectivity index (χ1n) is 8.65. The Kier molecular flexibility index (Phi) is 5.21. The molecule has 0 unspecified atom stereocenters. The standard InChI is InChI=1S/C20H24N2O4/c1-4-26-16-8-6-15(7-9-16)21-19(23)22-20(11-12-20)14-5-10-17(24-2)18(13-14)25-3/h5-10,13H,4,11-12H2,1-3H3,(H2,21,22,23). The Morgan fingerprint density at radius 3 is 2.31 bits per heavy atom. The molecule has 2 N–H and O–H groups in total. The summed E-state index contributed by atoms with van der Waals surface area (Å²) >= 11 is 0. The molecule has 0 spiro atoms. The lowest BCUT2D eigenvalue weighted by atomic mass is 10.0. The van der Waals surface area contributed by atoms with Crippen LogP contribution in [0, 0.1) is 0 Å². The van der Waals surface area contributed by atoms with E-state index >= 15 is 0 Å². The number of hydrogen-bond acceptors (Lipinski definition) is 4. The number of hydrogen-bond donors (Lipinski definition) is 2. The number of methoxy groups -OCH3 is 2. The fourth-order valence-electron chi connectivity index (χ4n) is 2.93. The van der Waals surface area contributed by atoms with Crippen LogP contribution in [0.1, 0.15) is 25.3 Å². The maximum absolute atomic E-state index is 12.4. The molecule has 26 heavy (non-hydrogen) atoms. The monoisotopic (exact) mass is 356 g/mol. The van der Waals surface area contributed by atoms with Gasteiger partial charge in [0.15, 0.2) is 11.5 Å². The van der Waals surface area contributed by atoms with Crippen molar-refractivity contribution in [1.82, 2.24) is 5.32 Å². The van der Waals surface area contributed by atoms with Gasteiger partial charge >= 0.3 is 6.03 Å². The van der Waals surface area contributed by atoms with E-state index < -0.39 is 0 Å². The molecule has 2 aromatic carbocycles. The number of carbonyl (C=O) groups is 1. The van der Waals surface area contributed by atoms with Crippen LogP contribution in [0.5, 0.6) is 17.2 Å². The molecule has 0 bridgehead atoms. The molecule has 1 saturated carbocycles. The highest BCUT2D eigenvalue weighted by atomic mass is 16.5. The molecule has 2 aromatic rings. The van der Waals surface area contributed by atoms with Gasteiger partial charge < -0.3 is 24.8 Å². The summed E-state index contributed by atoms with van der Waals surface area (Å²) in [4.78, 5) is 12.4. The average molecular weight is 356 g/mol. The number of rotatable bonds is 7. The molecule has 1 fully saturated rings. The van der Waals surface area contributed by atoms with Crippen LogP contribution in [-0.2, 0) is 5.54 Å². The first kappa shape index (κ1) is 17.9. The van der Waals surface area contributed by atoms with Gasteiger partial charge in [0.1, 0.15) is 5.75 Å². The Labute approximate surface area is 153 Å². The van der Waals surface area contributed by atoms with Gasteiger partial charge in [-0.15, -0.1) is 0 Å². The number of carbonyl (C=O) groups excluding carboxylic acids is 1. The third kappa shape index (κ3) is 3.85. The smallest absolute Gasteiger partial charge is 0.319 e. The maximum atomic E-state index is 12.4. The van der Waals surface area contributed by atoms with Crippen LogP contribution in [0.2, 0.25) is 0 Å². The zero-order chi connectivity index (χ0) is 18.6. The molecule has 138 valence electrons.